The minimum Gasteiger partial charge on any atom is -0.491 e. The fourth-order valence-corrected chi connectivity index (χ4v) is 2.37. The molecule has 1 fully saturated rings. The Bertz CT molecular complexity index is 379. The van der Waals surface area contributed by atoms with Crippen LogP contribution in [-0.2, 0) is 0 Å². The van der Waals surface area contributed by atoms with Gasteiger partial charge < -0.3 is 14.9 Å². The second-order valence-electron chi connectivity index (χ2n) is 5.33. The molecule has 1 aliphatic heterocycles. The molecule has 1 heterocycles. The van der Waals surface area contributed by atoms with Crippen LogP contribution in [0.1, 0.15) is 18.4 Å². The van der Waals surface area contributed by atoms with Gasteiger partial charge >= 0.3 is 0 Å². The van der Waals surface area contributed by atoms with Crippen LogP contribution in [0.5, 0.6) is 5.75 Å². The molecule has 0 amide bonds. The zero-order valence-corrected chi connectivity index (χ0v) is 11.5. The Balaban J connectivity index is 1.72. The van der Waals surface area contributed by atoms with Gasteiger partial charge in [0.25, 0.3) is 0 Å². The van der Waals surface area contributed by atoms with Gasteiger partial charge in [0.2, 0.25) is 0 Å². The molecule has 0 spiro atoms. The van der Waals surface area contributed by atoms with Crippen LogP contribution >= 0.6 is 0 Å². The molecule has 1 aromatic carbocycles. The highest BCUT2D eigenvalue weighted by atomic mass is 16.5. The normalized spacial score (nSPS) is 22.2. The molecule has 0 saturated carbocycles. The van der Waals surface area contributed by atoms with E-state index in [1.807, 2.05) is 31.2 Å². The summed E-state index contributed by atoms with van der Waals surface area (Å²) in [6.07, 6.45) is 1.09. The largest absolute Gasteiger partial charge is 0.491 e. The maximum Gasteiger partial charge on any atom is 0.119 e. The van der Waals surface area contributed by atoms with Crippen molar-refractivity contribution in [1.29, 1.82) is 0 Å². The SMILES string of the molecule is Cc1ccc(OC[C@H](O)CN2CCC[C@@H](O)C2)cc1. The van der Waals surface area contributed by atoms with Crippen LogP contribution in [0, 0.1) is 6.92 Å². The van der Waals surface area contributed by atoms with E-state index in [4.69, 9.17) is 4.74 Å². The van der Waals surface area contributed by atoms with Crippen molar-refractivity contribution in [2.75, 3.05) is 26.2 Å². The number of rotatable bonds is 5. The van der Waals surface area contributed by atoms with Gasteiger partial charge in [-0.3, -0.25) is 4.90 Å². The molecule has 2 rings (SSSR count). The van der Waals surface area contributed by atoms with Gasteiger partial charge in [-0.05, 0) is 38.4 Å². The highest BCUT2D eigenvalue weighted by Crippen LogP contribution is 2.13. The lowest BCUT2D eigenvalue weighted by molar-refractivity contribution is 0.0243. The van der Waals surface area contributed by atoms with Crippen molar-refractivity contribution in [2.45, 2.75) is 32.0 Å². The van der Waals surface area contributed by atoms with E-state index in [2.05, 4.69) is 4.90 Å². The Morgan fingerprint density at radius 1 is 1.37 bits per heavy atom. The lowest BCUT2D eigenvalue weighted by Crippen LogP contribution is -2.43. The van der Waals surface area contributed by atoms with Crippen molar-refractivity contribution in [2.24, 2.45) is 0 Å². The topological polar surface area (TPSA) is 52.9 Å². The zero-order valence-electron chi connectivity index (χ0n) is 11.5. The van der Waals surface area contributed by atoms with Crippen LogP contribution in [0.15, 0.2) is 24.3 Å². The smallest absolute Gasteiger partial charge is 0.119 e. The van der Waals surface area contributed by atoms with Crippen molar-refractivity contribution in [3.63, 3.8) is 0 Å². The van der Waals surface area contributed by atoms with Crippen LogP contribution in [0.25, 0.3) is 0 Å². The van der Waals surface area contributed by atoms with E-state index in [-0.39, 0.29) is 12.7 Å². The number of aryl methyl sites for hydroxylation is 1. The lowest BCUT2D eigenvalue weighted by atomic mass is 10.1. The third-order valence-electron chi connectivity index (χ3n) is 3.41. The Morgan fingerprint density at radius 3 is 2.79 bits per heavy atom. The first-order valence-corrected chi connectivity index (χ1v) is 6.91. The summed E-state index contributed by atoms with van der Waals surface area (Å²) in [5.41, 5.74) is 1.19. The fourth-order valence-electron chi connectivity index (χ4n) is 2.37. The Hall–Kier alpha value is -1.10. The molecule has 1 saturated heterocycles. The first-order valence-electron chi connectivity index (χ1n) is 6.91. The molecule has 106 valence electrons. The molecule has 4 heteroatoms. The summed E-state index contributed by atoms with van der Waals surface area (Å²) < 4.78 is 5.55. The average Bonchev–Trinajstić information content (AvgIpc) is 2.38. The summed E-state index contributed by atoms with van der Waals surface area (Å²) in [5.74, 6) is 0.781. The van der Waals surface area contributed by atoms with Gasteiger partial charge in [0.1, 0.15) is 18.5 Å². The maximum atomic E-state index is 9.96. The lowest BCUT2D eigenvalue weighted by Gasteiger charge is -2.31. The Labute approximate surface area is 114 Å². The molecule has 4 nitrogen and oxygen atoms in total. The molecule has 1 aliphatic rings. The Kier molecular flexibility index (Phi) is 5.19. The number of aliphatic hydroxyl groups excluding tert-OH is 2. The van der Waals surface area contributed by atoms with Crippen LogP contribution in [0.3, 0.4) is 0 Å². The van der Waals surface area contributed by atoms with Gasteiger partial charge in [0.05, 0.1) is 6.10 Å². The van der Waals surface area contributed by atoms with E-state index in [9.17, 15) is 10.2 Å². The number of hydrogen-bond acceptors (Lipinski definition) is 4. The van der Waals surface area contributed by atoms with Crippen LogP contribution in [-0.4, -0.2) is 53.6 Å². The second-order valence-corrected chi connectivity index (χ2v) is 5.33. The number of piperidine rings is 1. The van der Waals surface area contributed by atoms with Crippen molar-refractivity contribution in [3.05, 3.63) is 29.8 Å². The molecule has 1 aromatic rings. The minimum absolute atomic E-state index is 0.251. The highest BCUT2D eigenvalue weighted by molar-refractivity contribution is 5.26. The van der Waals surface area contributed by atoms with E-state index < -0.39 is 6.10 Å². The van der Waals surface area contributed by atoms with Gasteiger partial charge in [0, 0.05) is 13.1 Å². The predicted molar refractivity (Wildman–Crippen MR) is 74.4 cm³/mol. The number of β-amino-alcohol motifs (C(OH)–C–C–N with tert-alkyl or cyclic N) is 2. The monoisotopic (exact) mass is 265 g/mol. The second kappa shape index (κ2) is 6.89. The van der Waals surface area contributed by atoms with Crippen LogP contribution in [0.4, 0.5) is 0 Å². The van der Waals surface area contributed by atoms with E-state index in [0.29, 0.717) is 13.1 Å². The molecule has 19 heavy (non-hydrogen) atoms. The Morgan fingerprint density at radius 2 is 2.11 bits per heavy atom. The molecular formula is C15H23NO3. The van der Waals surface area contributed by atoms with Gasteiger partial charge in [-0.2, -0.15) is 0 Å². The van der Waals surface area contributed by atoms with Gasteiger partial charge in [-0.15, -0.1) is 0 Å². The molecule has 0 aliphatic carbocycles. The molecule has 0 unspecified atom stereocenters. The zero-order chi connectivity index (χ0) is 13.7. The van der Waals surface area contributed by atoms with Crippen LogP contribution in [0.2, 0.25) is 0 Å². The summed E-state index contributed by atoms with van der Waals surface area (Å²) in [4.78, 5) is 2.09. The van der Waals surface area contributed by atoms with E-state index in [1.165, 1.54) is 5.56 Å². The number of likely N-dealkylation sites (tertiary alicyclic amines) is 1. The fraction of sp³-hybridized carbons (Fsp3) is 0.600. The van der Waals surface area contributed by atoms with Crippen molar-refractivity contribution in [3.8, 4) is 5.75 Å². The van der Waals surface area contributed by atoms with Crippen molar-refractivity contribution in [1.82, 2.24) is 4.90 Å². The first-order chi connectivity index (χ1) is 9.13. The molecule has 2 N–H and O–H groups in total. The summed E-state index contributed by atoms with van der Waals surface area (Å²) in [7, 11) is 0. The molecule has 0 radical (unpaired) electrons. The van der Waals surface area contributed by atoms with E-state index in [0.717, 1.165) is 25.1 Å². The minimum atomic E-state index is -0.522. The summed E-state index contributed by atoms with van der Waals surface area (Å²) in [6.45, 7) is 4.47. The van der Waals surface area contributed by atoms with Crippen LogP contribution < -0.4 is 4.74 Å². The number of ether oxygens (including phenoxy) is 1. The van der Waals surface area contributed by atoms with Gasteiger partial charge in [-0.1, -0.05) is 17.7 Å². The first kappa shape index (κ1) is 14.3. The molecule has 2 atom stereocenters. The third-order valence-corrected chi connectivity index (χ3v) is 3.41. The molecular weight excluding hydrogens is 242 g/mol. The molecule has 0 bridgehead atoms. The van der Waals surface area contributed by atoms with Crippen molar-refractivity contribution >= 4 is 0 Å². The number of benzene rings is 1. The van der Waals surface area contributed by atoms with Gasteiger partial charge in [0.15, 0.2) is 0 Å². The quantitative estimate of drug-likeness (QED) is 0.840. The highest BCUT2D eigenvalue weighted by Gasteiger charge is 2.20. The summed E-state index contributed by atoms with van der Waals surface area (Å²) >= 11 is 0. The summed E-state index contributed by atoms with van der Waals surface area (Å²) in [6, 6.07) is 7.80. The van der Waals surface area contributed by atoms with Crippen molar-refractivity contribution < 1.29 is 14.9 Å². The van der Waals surface area contributed by atoms with E-state index >= 15 is 0 Å². The predicted octanol–water partition coefficient (Wildman–Crippen LogP) is 1.19. The number of nitrogens with zero attached hydrogens (tertiary/aromatic N) is 1. The molecule has 0 aromatic heterocycles. The standard InChI is InChI=1S/C15H23NO3/c1-12-4-6-15(7-5-12)19-11-14(18)10-16-8-2-3-13(17)9-16/h4-7,13-14,17-18H,2-3,8-11H2,1H3/t13-,14-/m1/s1. The average molecular weight is 265 g/mol. The third kappa shape index (κ3) is 4.82. The van der Waals surface area contributed by atoms with E-state index in [1.54, 1.807) is 0 Å². The number of hydrogen-bond donors (Lipinski definition) is 2. The summed E-state index contributed by atoms with van der Waals surface area (Å²) in [5, 5.41) is 19.5. The van der Waals surface area contributed by atoms with Gasteiger partial charge in [-0.25, -0.2) is 0 Å². The number of aliphatic hydroxyl groups is 2. The maximum absolute atomic E-state index is 9.96.